The van der Waals surface area contributed by atoms with E-state index in [4.69, 9.17) is 4.74 Å². The summed E-state index contributed by atoms with van der Waals surface area (Å²) >= 11 is 0. The molecule has 2 aromatic carbocycles. The summed E-state index contributed by atoms with van der Waals surface area (Å²) in [7, 11) is 0. The minimum absolute atomic E-state index is 0.0498. The topological polar surface area (TPSA) is 84.1 Å². The van der Waals surface area contributed by atoms with Gasteiger partial charge in [0, 0.05) is 35.2 Å². The van der Waals surface area contributed by atoms with Crippen molar-refractivity contribution in [2.75, 3.05) is 6.54 Å². The van der Waals surface area contributed by atoms with Gasteiger partial charge in [-0.15, -0.1) is 0 Å². The molecule has 2 N–H and O–H groups in total. The van der Waals surface area contributed by atoms with Crippen molar-refractivity contribution in [3.8, 4) is 16.9 Å². The number of nitrogens with zero attached hydrogens (tertiary/aromatic N) is 1. The number of ketones is 1. The highest BCUT2D eigenvalue weighted by Crippen LogP contribution is 2.41. The van der Waals surface area contributed by atoms with Gasteiger partial charge in [-0.1, -0.05) is 6.07 Å². The lowest BCUT2D eigenvalue weighted by Crippen LogP contribution is -2.34. The maximum absolute atomic E-state index is 14.7. The normalized spacial score (nSPS) is 14.6. The number of carbonyl (C=O) groups excluding carboxylic acids is 2. The Balaban J connectivity index is 1.45. The van der Waals surface area contributed by atoms with Crippen molar-refractivity contribution < 1.29 is 18.7 Å². The van der Waals surface area contributed by atoms with Crippen LogP contribution in [0.25, 0.3) is 11.1 Å². The number of hydrogen-bond acceptors (Lipinski definition) is 4. The van der Waals surface area contributed by atoms with Gasteiger partial charge in [0.15, 0.2) is 5.78 Å². The van der Waals surface area contributed by atoms with E-state index >= 15 is 0 Å². The number of aryl methyl sites for hydroxylation is 3. The molecule has 0 fully saturated rings. The summed E-state index contributed by atoms with van der Waals surface area (Å²) in [5.41, 5.74) is 6.36. The summed E-state index contributed by atoms with van der Waals surface area (Å²) in [6.07, 6.45) is 1.38. The molecular formula is C26H28FN3O3. The van der Waals surface area contributed by atoms with Crippen LogP contribution in [-0.4, -0.2) is 34.5 Å². The second-order valence-corrected chi connectivity index (χ2v) is 8.71. The van der Waals surface area contributed by atoms with E-state index in [-0.39, 0.29) is 17.8 Å². The zero-order valence-corrected chi connectivity index (χ0v) is 19.3. The molecule has 3 aromatic rings. The summed E-state index contributed by atoms with van der Waals surface area (Å²) in [6, 6.07) is 8.28. The molecule has 6 nitrogen and oxygen atoms in total. The monoisotopic (exact) mass is 449 g/mol. The third kappa shape index (κ3) is 4.82. The molecule has 0 bridgehead atoms. The van der Waals surface area contributed by atoms with Crippen molar-refractivity contribution in [3.63, 3.8) is 0 Å². The van der Waals surface area contributed by atoms with Crippen LogP contribution in [0.1, 0.15) is 51.8 Å². The number of aromatic nitrogens is 2. The van der Waals surface area contributed by atoms with Gasteiger partial charge < -0.3 is 10.1 Å². The van der Waals surface area contributed by atoms with Gasteiger partial charge in [0.25, 0.3) is 0 Å². The number of halogens is 1. The Kier molecular flexibility index (Phi) is 6.31. The van der Waals surface area contributed by atoms with Crippen molar-refractivity contribution in [2.24, 2.45) is 0 Å². The number of carbonyl (C=O) groups is 2. The average Bonchev–Trinajstić information content (AvgIpc) is 3.32. The molecule has 4 rings (SSSR count). The fourth-order valence-electron chi connectivity index (χ4n) is 4.35. The first kappa shape index (κ1) is 22.7. The molecular weight excluding hydrogens is 421 g/mol. The molecule has 172 valence electrons. The number of aromatic amines is 1. The minimum Gasteiger partial charge on any atom is -0.487 e. The zero-order valence-electron chi connectivity index (χ0n) is 19.3. The number of Topliss-reactive ketones (excluding diaryl/α,β-unsaturated/α-hetero) is 1. The Morgan fingerprint density at radius 3 is 2.67 bits per heavy atom. The Morgan fingerprint density at radius 1 is 1.18 bits per heavy atom. The number of rotatable bonds is 7. The molecule has 1 atom stereocenters. The van der Waals surface area contributed by atoms with Crippen molar-refractivity contribution in [1.29, 1.82) is 0 Å². The van der Waals surface area contributed by atoms with E-state index in [1.165, 1.54) is 19.1 Å². The molecule has 1 aliphatic heterocycles. The van der Waals surface area contributed by atoms with Crippen molar-refractivity contribution in [1.82, 2.24) is 15.5 Å². The Labute approximate surface area is 192 Å². The van der Waals surface area contributed by atoms with Crippen LogP contribution in [0.15, 0.2) is 30.3 Å². The Bertz CT molecular complexity index is 1210. The Hall–Kier alpha value is -3.48. The number of nitrogens with one attached hydrogen (secondary N) is 2. The van der Waals surface area contributed by atoms with Crippen molar-refractivity contribution in [2.45, 2.75) is 53.1 Å². The summed E-state index contributed by atoms with van der Waals surface area (Å²) < 4.78 is 20.9. The van der Waals surface area contributed by atoms with Crippen LogP contribution >= 0.6 is 0 Å². The smallest absolute Gasteiger partial charge is 0.220 e. The fraction of sp³-hybridized carbons (Fsp3) is 0.346. The SMILES string of the molecule is CC(=O)c1ccc(F)c(-c2cc(C)cc3c2OC(CNC(=O)CCc2c(C)n[nH]c2C)C3)c1. The molecule has 0 aliphatic carbocycles. The third-order valence-corrected chi connectivity index (χ3v) is 6.12. The second kappa shape index (κ2) is 9.17. The maximum Gasteiger partial charge on any atom is 0.220 e. The molecule has 0 spiro atoms. The predicted octanol–water partition coefficient (Wildman–Crippen LogP) is 4.40. The molecule has 1 amide bonds. The first-order valence-corrected chi connectivity index (χ1v) is 11.1. The van der Waals surface area contributed by atoms with Gasteiger partial charge in [0.1, 0.15) is 17.7 Å². The van der Waals surface area contributed by atoms with E-state index in [0.29, 0.717) is 48.2 Å². The lowest BCUT2D eigenvalue weighted by atomic mass is 9.95. The molecule has 1 aliphatic rings. The van der Waals surface area contributed by atoms with E-state index < -0.39 is 5.82 Å². The molecule has 2 heterocycles. The van der Waals surface area contributed by atoms with Crippen LogP contribution in [0.5, 0.6) is 5.75 Å². The van der Waals surface area contributed by atoms with Gasteiger partial charge >= 0.3 is 0 Å². The van der Waals surface area contributed by atoms with Crippen molar-refractivity contribution in [3.05, 3.63) is 69.8 Å². The highest BCUT2D eigenvalue weighted by atomic mass is 19.1. The largest absolute Gasteiger partial charge is 0.487 e. The molecule has 0 saturated heterocycles. The number of ether oxygens (including phenoxy) is 1. The number of benzene rings is 2. The van der Waals surface area contributed by atoms with E-state index in [1.54, 1.807) is 6.07 Å². The standard InChI is InChI=1S/C26H28FN3O3/c1-14-9-19-11-20(13-28-25(32)8-6-21-15(2)29-30-16(21)3)33-26(19)23(10-14)22-12-18(17(4)31)5-7-24(22)27/h5,7,9-10,12,20H,6,8,11,13H2,1-4H3,(H,28,32)(H,29,30). The Morgan fingerprint density at radius 2 is 1.97 bits per heavy atom. The highest BCUT2D eigenvalue weighted by Gasteiger charge is 2.28. The average molecular weight is 450 g/mol. The molecule has 0 saturated carbocycles. The zero-order chi connectivity index (χ0) is 23.7. The number of H-pyrrole nitrogens is 1. The number of amides is 1. The predicted molar refractivity (Wildman–Crippen MR) is 124 cm³/mol. The molecule has 1 aromatic heterocycles. The summed E-state index contributed by atoms with van der Waals surface area (Å²) in [6.45, 7) is 7.65. The molecule has 0 radical (unpaired) electrons. The van der Waals surface area contributed by atoms with Gasteiger partial charge in [-0.25, -0.2) is 4.39 Å². The van der Waals surface area contributed by atoms with Crippen molar-refractivity contribution >= 4 is 11.7 Å². The number of fused-ring (bicyclic) bond motifs is 1. The summed E-state index contributed by atoms with van der Waals surface area (Å²) in [5.74, 6) is 0.0381. The molecule has 33 heavy (non-hydrogen) atoms. The first-order chi connectivity index (χ1) is 15.7. The van der Waals surface area contributed by atoms with Crippen LogP contribution in [0.2, 0.25) is 0 Å². The molecule has 7 heteroatoms. The maximum atomic E-state index is 14.7. The van der Waals surface area contributed by atoms with Gasteiger partial charge in [-0.3, -0.25) is 14.7 Å². The van der Waals surface area contributed by atoms with Gasteiger partial charge in [0.2, 0.25) is 5.91 Å². The van der Waals surface area contributed by atoms with Gasteiger partial charge in [-0.2, -0.15) is 5.10 Å². The lowest BCUT2D eigenvalue weighted by molar-refractivity contribution is -0.121. The molecule has 1 unspecified atom stereocenters. The van der Waals surface area contributed by atoms with E-state index in [2.05, 4.69) is 15.5 Å². The van der Waals surface area contributed by atoms with Crippen LogP contribution in [0, 0.1) is 26.6 Å². The van der Waals surface area contributed by atoms with Crippen LogP contribution in [0.4, 0.5) is 4.39 Å². The van der Waals surface area contributed by atoms with E-state index in [1.807, 2.05) is 32.9 Å². The number of hydrogen-bond donors (Lipinski definition) is 2. The summed E-state index contributed by atoms with van der Waals surface area (Å²) in [5, 5.41) is 10.1. The first-order valence-electron chi connectivity index (χ1n) is 11.1. The fourth-order valence-corrected chi connectivity index (χ4v) is 4.35. The summed E-state index contributed by atoms with van der Waals surface area (Å²) in [4.78, 5) is 24.2. The quantitative estimate of drug-likeness (QED) is 0.524. The van der Waals surface area contributed by atoms with Crippen LogP contribution < -0.4 is 10.1 Å². The highest BCUT2D eigenvalue weighted by molar-refractivity contribution is 5.95. The van der Waals surface area contributed by atoms with Crippen LogP contribution in [0.3, 0.4) is 0 Å². The van der Waals surface area contributed by atoms with Gasteiger partial charge in [-0.05, 0) is 75.1 Å². The van der Waals surface area contributed by atoms with E-state index in [9.17, 15) is 14.0 Å². The third-order valence-electron chi connectivity index (χ3n) is 6.12. The van der Waals surface area contributed by atoms with Crippen LogP contribution in [-0.2, 0) is 17.6 Å². The van der Waals surface area contributed by atoms with Gasteiger partial charge in [0.05, 0.1) is 12.2 Å². The van der Waals surface area contributed by atoms with E-state index in [0.717, 1.165) is 28.1 Å². The minimum atomic E-state index is -0.405. The lowest BCUT2D eigenvalue weighted by Gasteiger charge is -2.15. The second-order valence-electron chi connectivity index (χ2n) is 8.71.